The fourth-order valence-corrected chi connectivity index (χ4v) is 4.86. The second-order valence-electron chi connectivity index (χ2n) is 6.91. The van der Waals surface area contributed by atoms with Gasteiger partial charge >= 0.3 is 0 Å². The molecular weight excluding hydrogens is 330 g/mol. The molecule has 1 aromatic rings. The van der Waals surface area contributed by atoms with E-state index < -0.39 is 15.4 Å². The molecule has 0 radical (unpaired) electrons. The summed E-state index contributed by atoms with van der Waals surface area (Å²) in [5.74, 6) is 6.36. The Hall–Kier alpha value is -0.870. The van der Waals surface area contributed by atoms with E-state index >= 15 is 0 Å². The summed E-state index contributed by atoms with van der Waals surface area (Å²) in [6.07, 6.45) is 3.37. The van der Waals surface area contributed by atoms with Gasteiger partial charge in [0, 0.05) is 24.2 Å². The summed E-state index contributed by atoms with van der Waals surface area (Å²) in [7, 11) is -2.90. The Labute approximate surface area is 143 Å². The lowest BCUT2D eigenvalue weighted by molar-refractivity contribution is 0.143. The van der Waals surface area contributed by atoms with Gasteiger partial charge in [-0.1, -0.05) is 11.8 Å². The first kappa shape index (κ1) is 18.5. The Morgan fingerprint density at radius 2 is 2.17 bits per heavy atom. The van der Waals surface area contributed by atoms with Crippen molar-refractivity contribution in [2.45, 2.75) is 38.8 Å². The van der Waals surface area contributed by atoms with Gasteiger partial charge in [-0.3, -0.25) is 4.90 Å². The number of hydrogen-bond acceptors (Lipinski definition) is 5. The smallest absolute Gasteiger partial charge is 0.147 e. The van der Waals surface area contributed by atoms with E-state index in [1.807, 2.05) is 6.07 Å². The molecule has 23 heavy (non-hydrogen) atoms. The summed E-state index contributed by atoms with van der Waals surface area (Å²) in [6.45, 7) is 6.04. The van der Waals surface area contributed by atoms with Crippen LogP contribution in [0, 0.1) is 17.8 Å². The lowest BCUT2D eigenvalue weighted by Gasteiger charge is -2.32. The zero-order valence-electron chi connectivity index (χ0n) is 14.0. The first-order valence-electron chi connectivity index (χ1n) is 7.85. The van der Waals surface area contributed by atoms with Gasteiger partial charge in [0.05, 0.1) is 10.6 Å². The number of piperidine rings is 1. The number of aliphatic hydroxyl groups is 1. The molecule has 0 aliphatic carbocycles. The molecule has 1 atom stereocenters. The van der Waals surface area contributed by atoms with Gasteiger partial charge in [0.15, 0.2) is 0 Å². The normalized spacial score (nSPS) is 20.1. The quantitative estimate of drug-likeness (QED) is 0.841. The highest BCUT2D eigenvalue weighted by atomic mass is 32.2. The van der Waals surface area contributed by atoms with Crippen molar-refractivity contribution in [3.05, 3.63) is 21.9 Å². The van der Waals surface area contributed by atoms with Gasteiger partial charge in [0.2, 0.25) is 0 Å². The first-order valence-corrected chi connectivity index (χ1v) is 10.7. The third-order valence-electron chi connectivity index (χ3n) is 3.67. The van der Waals surface area contributed by atoms with Crippen LogP contribution in [0.4, 0.5) is 0 Å². The molecule has 1 aliphatic heterocycles. The summed E-state index contributed by atoms with van der Waals surface area (Å²) >= 11 is 1.64. The van der Waals surface area contributed by atoms with Crippen LogP contribution in [0.25, 0.3) is 0 Å². The van der Waals surface area contributed by atoms with Gasteiger partial charge < -0.3 is 5.11 Å². The molecule has 1 unspecified atom stereocenters. The zero-order valence-corrected chi connectivity index (χ0v) is 15.6. The molecular formula is C17H25NO3S2. The van der Waals surface area contributed by atoms with Crippen LogP contribution in [0.5, 0.6) is 0 Å². The summed E-state index contributed by atoms with van der Waals surface area (Å²) in [6, 6.07) is 4.05. The summed E-state index contributed by atoms with van der Waals surface area (Å²) in [4.78, 5) is 4.51. The summed E-state index contributed by atoms with van der Waals surface area (Å²) in [5, 5.41) is 9.64. The Balaban J connectivity index is 1.94. The number of hydrogen-bond donors (Lipinski definition) is 1. The standard InChI is InChI=1S/C17H25NO3S2/c1-17(2,19)9-8-15-6-7-16(22-15)12-18-10-4-5-14(11-18)13-23(3,20)21/h6-7,14,19H,4-5,10-13H2,1-3H3. The molecule has 2 rings (SSSR count). The Morgan fingerprint density at radius 1 is 1.43 bits per heavy atom. The van der Waals surface area contributed by atoms with E-state index in [2.05, 4.69) is 22.8 Å². The molecule has 4 nitrogen and oxygen atoms in total. The van der Waals surface area contributed by atoms with Crippen molar-refractivity contribution in [1.29, 1.82) is 0 Å². The Kier molecular flexibility index (Phi) is 5.90. The molecule has 2 heterocycles. The van der Waals surface area contributed by atoms with Crippen LogP contribution in [0.2, 0.25) is 0 Å². The van der Waals surface area contributed by atoms with Gasteiger partial charge in [0.1, 0.15) is 15.4 Å². The van der Waals surface area contributed by atoms with Crippen LogP contribution in [0.1, 0.15) is 36.4 Å². The molecule has 6 heteroatoms. The van der Waals surface area contributed by atoms with Crippen molar-refractivity contribution in [2.75, 3.05) is 25.1 Å². The largest absolute Gasteiger partial charge is 0.378 e. The number of thiophene rings is 1. The van der Waals surface area contributed by atoms with E-state index in [9.17, 15) is 13.5 Å². The molecule has 0 amide bonds. The highest BCUT2D eigenvalue weighted by Crippen LogP contribution is 2.23. The van der Waals surface area contributed by atoms with E-state index in [0.29, 0.717) is 0 Å². The van der Waals surface area contributed by atoms with Crippen molar-refractivity contribution >= 4 is 21.2 Å². The zero-order chi connectivity index (χ0) is 17.1. The van der Waals surface area contributed by atoms with Gasteiger partial charge in [0.25, 0.3) is 0 Å². The Morgan fingerprint density at radius 3 is 2.83 bits per heavy atom. The monoisotopic (exact) mass is 355 g/mol. The molecule has 1 saturated heterocycles. The third kappa shape index (κ3) is 7.05. The van der Waals surface area contributed by atoms with Crippen LogP contribution in [0.15, 0.2) is 12.1 Å². The number of sulfone groups is 1. The second kappa shape index (κ2) is 7.35. The van der Waals surface area contributed by atoms with Gasteiger partial charge in [-0.2, -0.15) is 0 Å². The molecule has 1 N–H and O–H groups in total. The molecule has 0 bridgehead atoms. The molecule has 128 valence electrons. The third-order valence-corrected chi connectivity index (χ3v) is 5.74. The predicted octanol–water partition coefficient (Wildman–Crippen LogP) is 2.13. The fourth-order valence-electron chi connectivity index (χ4n) is 2.82. The minimum absolute atomic E-state index is 0.244. The minimum Gasteiger partial charge on any atom is -0.378 e. The molecule has 0 spiro atoms. The van der Waals surface area contributed by atoms with E-state index in [1.54, 1.807) is 25.2 Å². The van der Waals surface area contributed by atoms with E-state index in [1.165, 1.54) is 11.1 Å². The maximum absolute atomic E-state index is 11.5. The minimum atomic E-state index is -2.90. The van der Waals surface area contributed by atoms with Crippen LogP contribution < -0.4 is 0 Å². The fraction of sp³-hybridized carbons (Fsp3) is 0.647. The molecule has 0 saturated carbocycles. The SMILES string of the molecule is CC(C)(O)C#Cc1ccc(CN2CCCC(CS(C)(=O)=O)C2)s1. The van der Waals surface area contributed by atoms with Crippen LogP contribution in [0.3, 0.4) is 0 Å². The molecule has 0 aromatic carbocycles. The number of nitrogens with zero attached hydrogens (tertiary/aromatic N) is 1. The molecule has 1 fully saturated rings. The maximum atomic E-state index is 11.5. The average Bonchev–Trinajstić information content (AvgIpc) is 2.81. The van der Waals surface area contributed by atoms with Crippen LogP contribution in [-0.4, -0.2) is 49.1 Å². The van der Waals surface area contributed by atoms with Crippen molar-refractivity contribution in [3.63, 3.8) is 0 Å². The highest BCUT2D eigenvalue weighted by molar-refractivity contribution is 7.90. The van der Waals surface area contributed by atoms with Gasteiger partial charge in [-0.15, -0.1) is 11.3 Å². The van der Waals surface area contributed by atoms with E-state index in [-0.39, 0.29) is 11.7 Å². The van der Waals surface area contributed by atoms with Gasteiger partial charge in [-0.05, 0) is 51.3 Å². The maximum Gasteiger partial charge on any atom is 0.147 e. The van der Waals surface area contributed by atoms with Crippen molar-refractivity contribution < 1.29 is 13.5 Å². The lowest BCUT2D eigenvalue weighted by atomic mass is 10.00. The number of rotatable bonds is 4. The van der Waals surface area contributed by atoms with Crippen LogP contribution in [-0.2, 0) is 16.4 Å². The molecule has 1 aliphatic rings. The Bertz CT molecular complexity index is 689. The lowest BCUT2D eigenvalue weighted by Crippen LogP contribution is -2.37. The van der Waals surface area contributed by atoms with Crippen molar-refractivity contribution in [1.82, 2.24) is 4.90 Å². The summed E-state index contributed by atoms with van der Waals surface area (Å²) < 4.78 is 22.9. The average molecular weight is 356 g/mol. The van der Waals surface area contributed by atoms with Crippen molar-refractivity contribution in [3.8, 4) is 11.8 Å². The highest BCUT2D eigenvalue weighted by Gasteiger charge is 2.23. The predicted molar refractivity (Wildman–Crippen MR) is 95.2 cm³/mol. The molecule has 1 aromatic heterocycles. The summed E-state index contributed by atoms with van der Waals surface area (Å²) in [5.41, 5.74) is -0.976. The van der Waals surface area contributed by atoms with E-state index in [4.69, 9.17) is 0 Å². The van der Waals surface area contributed by atoms with Crippen molar-refractivity contribution in [2.24, 2.45) is 5.92 Å². The first-order chi connectivity index (χ1) is 10.6. The second-order valence-corrected chi connectivity index (χ2v) is 10.3. The van der Waals surface area contributed by atoms with E-state index in [0.717, 1.165) is 37.4 Å². The van der Waals surface area contributed by atoms with Crippen LogP contribution >= 0.6 is 11.3 Å². The number of likely N-dealkylation sites (tertiary alicyclic amines) is 1. The topological polar surface area (TPSA) is 57.6 Å². The van der Waals surface area contributed by atoms with Gasteiger partial charge in [-0.25, -0.2) is 8.42 Å².